The van der Waals surface area contributed by atoms with Crippen LogP contribution in [0, 0.1) is 0 Å². The van der Waals surface area contributed by atoms with Gasteiger partial charge in [0.25, 0.3) is 11.8 Å². The molecule has 4 rings (SSSR count). The Morgan fingerprint density at radius 1 is 1.21 bits per heavy atom. The van der Waals surface area contributed by atoms with Gasteiger partial charge in [-0.25, -0.2) is 8.78 Å². The second-order valence-corrected chi connectivity index (χ2v) is 10.0. The number of carbonyl (C=O) groups excluding carboxylic acids is 1. The van der Waals surface area contributed by atoms with Gasteiger partial charge in [0, 0.05) is 37.8 Å². The highest BCUT2D eigenvalue weighted by Gasteiger charge is 2.36. The highest BCUT2D eigenvalue weighted by molar-refractivity contribution is 5.94. The Kier molecular flexibility index (Phi) is 8.90. The first kappa shape index (κ1) is 28.9. The van der Waals surface area contributed by atoms with E-state index in [1.165, 1.54) is 33.8 Å². The third-order valence-corrected chi connectivity index (χ3v) is 7.04. The molecule has 214 valence electrons. The highest BCUT2D eigenvalue weighted by atomic mass is 19.4. The van der Waals surface area contributed by atoms with Crippen LogP contribution in [0.15, 0.2) is 30.3 Å². The maximum absolute atomic E-state index is 13.8. The number of aromatic nitrogens is 2. The minimum absolute atomic E-state index is 0.110. The van der Waals surface area contributed by atoms with E-state index in [0.29, 0.717) is 39.0 Å². The number of halogens is 5. The minimum Gasteiger partial charge on any atom is -0.481 e. The van der Waals surface area contributed by atoms with E-state index in [1.807, 2.05) is 0 Å². The lowest BCUT2D eigenvalue weighted by molar-refractivity contribution is -0.138. The number of nitrogens with one attached hydrogen (secondary N) is 1. The van der Waals surface area contributed by atoms with Crippen molar-refractivity contribution in [2.24, 2.45) is 0 Å². The average molecular weight is 559 g/mol. The Balaban J connectivity index is 1.58. The van der Waals surface area contributed by atoms with Gasteiger partial charge in [-0.3, -0.25) is 19.2 Å². The summed E-state index contributed by atoms with van der Waals surface area (Å²) >= 11 is 0. The van der Waals surface area contributed by atoms with Crippen LogP contribution in [0.25, 0.3) is 11.3 Å². The molecule has 2 fully saturated rings. The van der Waals surface area contributed by atoms with Crippen molar-refractivity contribution in [2.75, 3.05) is 32.8 Å². The van der Waals surface area contributed by atoms with Gasteiger partial charge in [0.05, 0.1) is 30.3 Å². The molecule has 2 aromatic rings. The number of ether oxygens (including phenoxy) is 1. The molecule has 39 heavy (non-hydrogen) atoms. The topological polar surface area (TPSA) is 96.7 Å². The zero-order chi connectivity index (χ0) is 28.2. The van der Waals surface area contributed by atoms with Crippen LogP contribution < -0.4 is 5.32 Å². The number of hydrogen-bond acceptors (Lipinski definition) is 5. The van der Waals surface area contributed by atoms with E-state index in [-0.39, 0.29) is 42.4 Å². The molecule has 2 N–H and O–H groups in total. The van der Waals surface area contributed by atoms with E-state index in [2.05, 4.69) is 10.4 Å². The monoisotopic (exact) mass is 558 g/mol. The summed E-state index contributed by atoms with van der Waals surface area (Å²) in [5.41, 5.74) is -1.04. The number of amides is 1. The molecule has 13 heteroatoms. The Hall–Kier alpha value is -3.06. The van der Waals surface area contributed by atoms with Crippen molar-refractivity contribution in [3.63, 3.8) is 0 Å². The van der Waals surface area contributed by atoms with Gasteiger partial charge < -0.3 is 15.2 Å². The smallest absolute Gasteiger partial charge is 0.417 e. The SMILES string of the molecule is O=C(O)C[C@H](CCN1CCCC(F)(F)C1)NC(=O)c1cc(-c2ccccc2C(F)(F)F)n(C2CCOCC2)n1. The van der Waals surface area contributed by atoms with Crippen LogP contribution >= 0.6 is 0 Å². The number of carboxylic acids is 1. The largest absolute Gasteiger partial charge is 0.481 e. The third-order valence-electron chi connectivity index (χ3n) is 7.04. The number of aliphatic carboxylic acids is 1. The molecule has 1 aromatic carbocycles. The molecule has 0 bridgehead atoms. The summed E-state index contributed by atoms with van der Waals surface area (Å²) in [6.07, 6.45) is -3.87. The van der Waals surface area contributed by atoms with E-state index in [0.717, 1.165) is 6.07 Å². The second kappa shape index (κ2) is 12.0. The summed E-state index contributed by atoms with van der Waals surface area (Å²) in [6, 6.07) is 5.13. The number of nitrogens with zero attached hydrogens (tertiary/aromatic N) is 3. The fourth-order valence-corrected chi connectivity index (χ4v) is 5.14. The molecule has 2 aliphatic heterocycles. The summed E-state index contributed by atoms with van der Waals surface area (Å²) in [4.78, 5) is 26.2. The fourth-order valence-electron chi connectivity index (χ4n) is 5.14. The first-order valence-electron chi connectivity index (χ1n) is 12.9. The van der Waals surface area contributed by atoms with Crippen molar-refractivity contribution >= 4 is 11.9 Å². The first-order chi connectivity index (χ1) is 18.4. The van der Waals surface area contributed by atoms with Crippen molar-refractivity contribution in [1.29, 1.82) is 0 Å². The van der Waals surface area contributed by atoms with E-state index in [4.69, 9.17) is 4.74 Å². The minimum atomic E-state index is -4.64. The maximum atomic E-state index is 13.8. The lowest BCUT2D eigenvalue weighted by Crippen LogP contribution is -2.45. The predicted molar refractivity (Wildman–Crippen MR) is 130 cm³/mol. The highest BCUT2D eigenvalue weighted by Crippen LogP contribution is 2.38. The van der Waals surface area contributed by atoms with Crippen LogP contribution in [0.5, 0.6) is 0 Å². The number of carbonyl (C=O) groups is 2. The van der Waals surface area contributed by atoms with Gasteiger partial charge in [-0.1, -0.05) is 18.2 Å². The lowest BCUT2D eigenvalue weighted by atomic mass is 10.0. The summed E-state index contributed by atoms with van der Waals surface area (Å²) in [5.74, 6) is -4.75. The van der Waals surface area contributed by atoms with E-state index < -0.39 is 48.5 Å². The quantitative estimate of drug-likeness (QED) is 0.437. The van der Waals surface area contributed by atoms with Gasteiger partial charge >= 0.3 is 12.1 Å². The third kappa shape index (κ3) is 7.53. The van der Waals surface area contributed by atoms with Crippen LogP contribution in [0.4, 0.5) is 22.0 Å². The molecule has 0 aliphatic carbocycles. The van der Waals surface area contributed by atoms with Gasteiger partial charge in [0.1, 0.15) is 0 Å². The molecule has 3 heterocycles. The van der Waals surface area contributed by atoms with Crippen LogP contribution in [0.3, 0.4) is 0 Å². The van der Waals surface area contributed by atoms with Crippen molar-refractivity contribution in [3.8, 4) is 11.3 Å². The van der Waals surface area contributed by atoms with Crippen molar-refractivity contribution in [3.05, 3.63) is 41.6 Å². The molecule has 0 saturated carbocycles. The summed E-state index contributed by atoms with van der Waals surface area (Å²) in [5, 5.41) is 16.3. The number of carboxylic acid groups (broad SMARTS) is 1. The number of hydrogen-bond donors (Lipinski definition) is 2. The van der Waals surface area contributed by atoms with Crippen LogP contribution in [0.2, 0.25) is 0 Å². The van der Waals surface area contributed by atoms with Gasteiger partial charge in [0.2, 0.25) is 0 Å². The number of rotatable bonds is 9. The Labute approximate surface area is 222 Å². The lowest BCUT2D eigenvalue weighted by Gasteiger charge is -2.33. The van der Waals surface area contributed by atoms with Gasteiger partial charge in [-0.2, -0.15) is 18.3 Å². The predicted octanol–water partition coefficient (Wildman–Crippen LogP) is 4.61. The Morgan fingerprint density at radius 3 is 2.59 bits per heavy atom. The normalized spacial score (nSPS) is 19.5. The van der Waals surface area contributed by atoms with Gasteiger partial charge in [0.15, 0.2) is 5.69 Å². The number of likely N-dealkylation sites (tertiary alicyclic amines) is 1. The van der Waals surface area contributed by atoms with Crippen molar-refractivity contribution < 1.29 is 41.4 Å². The molecule has 2 aliphatic rings. The molecule has 2 saturated heterocycles. The van der Waals surface area contributed by atoms with Crippen LogP contribution in [0.1, 0.15) is 60.6 Å². The fraction of sp³-hybridized carbons (Fsp3) is 0.577. The van der Waals surface area contributed by atoms with Crippen molar-refractivity contribution in [1.82, 2.24) is 20.0 Å². The molecule has 8 nitrogen and oxygen atoms in total. The molecule has 0 unspecified atom stereocenters. The van der Waals surface area contributed by atoms with Crippen LogP contribution in [-0.2, 0) is 15.7 Å². The summed E-state index contributed by atoms with van der Waals surface area (Å²) < 4.78 is 75.8. The first-order valence-corrected chi connectivity index (χ1v) is 12.9. The van der Waals surface area contributed by atoms with E-state index >= 15 is 0 Å². The Morgan fingerprint density at radius 2 is 1.92 bits per heavy atom. The molecule has 0 spiro atoms. The molecule has 1 atom stereocenters. The Bertz CT molecular complexity index is 1160. The second-order valence-electron chi connectivity index (χ2n) is 10.0. The molecular formula is C26H31F5N4O4. The summed E-state index contributed by atoms with van der Waals surface area (Å²) in [6.45, 7) is 0.957. The number of alkyl halides is 5. The average Bonchev–Trinajstić information content (AvgIpc) is 3.32. The van der Waals surface area contributed by atoms with Gasteiger partial charge in [-0.15, -0.1) is 0 Å². The molecule has 1 aromatic heterocycles. The zero-order valence-corrected chi connectivity index (χ0v) is 21.2. The van der Waals surface area contributed by atoms with Crippen LogP contribution in [-0.4, -0.2) is 76.5 Å². The zero-order valence-electron chi connectivity index (χ0n) is 21.2. The standard InChI is InChI=1S/C26H31F5N4O4/c27-25(28)9-3-10-34(16-25)11-6-17(14-23(36)37)32-24(38)21-15-22(35(33-21)18-7-12-39-13-8-18)19-4-1-2-5-20(19)26(29,30)31/h1-2,4-5,15,17-18H,3,6-14,16H2,(H,32,38)(H,36,37)/t17-/m0/s1. The number of piperidine rings is 1. The van der Waals surface area contributed by atoms with E-state index in [9.17, 15) is 36.6 Å². The van der Waals surface area contributed by atoms with Gasteiger partial charge in [-0.05, 0) is 44.4 Å². The van der Waals surface area contributed by atoms with Crippen molar-refractivity contribution in [2.45, 2.75) is 62.7 Å². The summed E-state index contributed by atoms with van der Waals surface area (Å²) in [7, 11) is 0. The molecule has 0 radical (unpaired) electrons. The maximum Gasteiger partial charge on any atom is 0.417 e. The molecule has 1 amide bonds. The number of benzene rings is 1. The van der Waals surface area contributed by atoms with E-state index in [1.54, 1.807) is 0 Å². The molecular weight excluding hydrogens is 527 g/mol.